The second-order valence-electron chi connectivity index (χ2n) is 4.56. The molecule has 5 heteroatoms. The molecule has 0 unspecified atom stereocenters. The van der Waals surface area contributed by atoms with Crippen molar-refractivity contribution in [3.8, 4) is 5.75 Å². The van der Waals surface area contributed by atoms with E-state index in [4.69, 9.17) is 16.3 Å². The summed E-state index contributed by atoms with van der Waals surface area (Å²) in [7, 11) is 0. The fourth-order valence-corrected chi connectivity index (χ4v) is 2.75. The van der Waals surface area contributed by atoms with Gasteiger partial charge in [0.05, 0.1) is 9.88 Å². The summed E-state index contributed by atoms with van der Waals surface area (Å²) in [6.07, 6.45) is 2.97. The van der Waals surface area contributed by atoms with Crippen LogP contribution in [0.2, 0.25) is 5.02 Å². The Labute approximate surface area is 129 Å². The monoisotopic (exact) mass is 310 g/mol. The zero-order valence-corrected chi connectivity index (χ0v) is 13.4. The second-order valence-corrected chi connectivity index (χ2v) is 6.32. The zero-order valence-electron chi connectivity index (χ0n) is 11.8. The van der Waals surface area contributed by atoms with E-state index in [1.54, 1.807) is 11.3 Å². The van der Waals surface area contributed by atoms with E-state index >= 15 is 0 Å². The molecular formula is C15H19ClN2OS. The molecule has 1 aromatic heterocycles. The van der Waals surface area contributed by atoms with E-state index in [9.17, 15) is 0 Å². The van der Waals surface area contributed by atoms with E-state index in [1.807, 2.05) is 31.3 Å². The number of rotatable bonds is 7. The first-order valence-electron chi connectivity index (χ1n) is 6.72. The largest absolute Gasteiger partial charge is 0.488 e. The lowest BCUT2D eigenvalue weighted by Gasteiger charge is -2.12. The Kier molecular flexibility index (Phi) is 5.83. The number of ether oxygens (including phenoxy) is 1. The van der Waals surface area contributed by atoms with Crippen LogP contribution in [-0.2, 0) is 13.2 Å². The topological polar surface area (TPSA) is 34.1 Å². The summed E-state index contributed by atoms with van der Waals surface area (Å²) in [5.74, 6) is 0.879. The van der Waals surface area contributed by atoms with Crippen LogP contribution >= 0.6 is 22.9 Å². The number of benzene rings is 1. The number of nitrogens with zero attached hydrogens (tertiary/aromatic N) is 1. The van der Waals surface area contributed by atoms with E-state index in [0.29, 0.717) is 6.61 Å². The lowest BCUT2D eigenvalue weighted by atomic mass is 10.2. The van der Waals surface area contributed by atoms with Gasteiger partial charge >= 0.3 is 0 Å². The summed E-state index contributed by atoms with van der Waals surface area (Å²) < 4.78 is 5.89. The molecule has 0 radical (unpaired) electrons. The van der Waals surface area contributed by atoms with Gasteiger partial charge in [0, 0.05) is 23.3 Å². The van der Waals surface area contributed by atoms with E-state index in [0.717, 1.165) is 45.7 Å². The normalized spacial score (nSPS) is 10.8. The number of thiazole rings is 1. The van der Waals surface area contributed by atoms with Gasteiger partial charge in [0.1, 0.15) is 12.4 Å². The van der Waals surface area contributed by atoms with Crippen molar-refractivity contribution in [2.45, 2.75) is 33.4 Å². The molecule has 2 aromatic rings. The predicted octanol–water partition coefficient (Wildman–Crippen LogP) is 4.18. The summed E-state index contributed by atoms with van der Waals surface area (Å²) in [6.45, 7) is 6.45. The third kappa shape index (κ3) is 4.47. The smallest absolute Gasteiger partial charge is 0.124 e. The standard InChI is InChI=1S/C15H19ClN2OS/c1-3-6-17-8-12-7-13(16)4-5-15(12)19-10-14-9-18-11(2)20-14/h4-5,7,9,17H,3,6,8,10H2,1-2H3. The van der Waals surface area contributed by atoms with Crippen LogP contribution in [0.15, 0.2) is 24.4 Å². The molecule has 20 heavy (non-hydrogen) atoms. The van der Waals surface area contributed by atoms with Crippen LogP contribution in [0.4, 0.5) is 0 Å². The molecule has 0 bridgehead atoms. The Bertz CT molecular complexity index is 557. The van der Waals surface area contributed by atoms with Crippen LogP contribution in [0.1, 0.15) is 28.8 Å². The van der Waals surface area contributed by atoms with Gasteiger partial charge in [0.15, 0.2) is 0 Å². The number of hydrogen-bond acceptors (Lipinski definition) is 4. The molecule has 1 aromatic carbocycles. The lowest BCUT2D eigenvalue weighted by Crippen LogP contribution is -2.14. The van der Waals surface area contributed by atoms with Crippen LogP contribution in [-0.4, -0.2) is 11.5 Å². The Hall–Kier alpha value is -1.10. The highest BCUT2D eigenvalue weighted by molar-refractivity contribution is 7.11. The molecule has 0 aliphatic rings. The van der Waals surface area contributed by atoms with Gasteiger partial charge in [-0.3, -0.25) is 0 Å². The van der Waals surface area contributed by atoms with Crippen molar-refractivity contribution in [1.82, 2.24) is 10.3 Å². The summed E-state index contributed by atoms with van der Waals surface area (Å²) in [4.78, 5) is 5.36. The number of aryl methyl sites for hydroxylation is 1. The van der Waals surface area contributed by atoms with Gasteiger partial charge in [-0.25, -0.2) is 4.98 Å². The summed E-state index contributed by atoms with van der Waals surface area (Å²) in [6, 6.07) is 5.74. The molecule has 3 nitrogen and oxygen atoms in total. The molecule has 2 rings (SSSR count). The third-order valence-corrected chi connectivity index (χ3v) is 3.93. The Balaban J connectivity index is 2.01. The van der Waals surface area contributed by atoms with Crippen LogP contribution in [0, 0.1) is 6.92 Å². The minimum absolute atomic E-state index is 0.550. The van der Waals surface area contributed by atoms with Gasteiger partial charge in [-0.2, -0.15) is 0 Å². The van der Waals surface area contributed by atoms with Crippen LogP contribution < -0.4 is 10.1 Å². The molecule has 0 fully saturated rings. The molecule has 1 N–H and O–H groups in total. The van der Waals surface area contributed by atoms with Crippen molar-refractivity contribution in [1.29, 1.82) is 0 Å². The van der Waals surface area contributed by atoms with E-state index in [1.165, 1.54) is 0 Å². The number of hydrogen-bond donors (Lipinski definition) is 1. The molecule has 0 aliphatic heterocycles. The first-order chi connectivity index (χ1) is 9.69. The quantitative estimate of drug-likeness (QED) is 0.779. The highest BCUT2D eigenvalue weighted by Crippen LogP contribution is 2.24. The van der Waals surface area contributed by atoms with Gasteiger partial charge in [0.25, 0.3) is 0 Å². The fourth-order valence-electron chi connectivity index (χ4n) is 1.85. The minimum Gasteiger partial charge on any atom is -0.488 e. The zero-order chi connectivity index (χ0) is 14.4. The Morgan fingerprint density at radius 2 is 2.25 bits per heavy atom. The van der Waals surface area contributed by atoms with Crippen molar-refractivity contribution in [3.63, 3.8) is 0 Å². The summed E-state index contributed by atoms with van der Waals surface area (Å²) >= 11 is 7.72. The molecule has 0 saturated carbocycles. The van der Waals surface area contributed by atoms with Crippen molar-refractivity contribution >= 4 is 22.9 Å². The number of aromatic nitrogens is 1. The highest BCUT2D eigenvalue weighted by Gasteiger charge is 2.06. The summed E-state index contributed by atoms with van der Waals surface area (Å²) in [5.41, 5.74) is 1.09. The molecule has 0 spiro atoms. The third-order valence-electron chi connectivity index (χ3n) is 2.80. The number of nitrogens with one attached hydrogen (secondary N) is 1. The molecule has 1 heterocycles. The van der Waals surface area contributed by atoms with Gasteiger partial charge in [0.2, 0.25) is 0 Å². The molecule has 0 aliphatic carbocycles. The van der Waals surface area contributed by atoms with Gasteiger partial charge in [-0.05, 0) is 38.1 Å². The maximum absolute atomic E-state index is 6.06. The van der Waals surface area contributed by atoms with E-state index in [-0.39, 0.29) is 0 Å². The maximum atomic E-state index is 6.06. The van der Waals surface area contributed by atoms with Crippen molar-refractivity contribution in [2.24, 2.45) is 0 Å². The van der Waals surface area contributed by atoms with Crippen molar-refractivity contribution in [2.75, 3.05) is 6.54 Å². The molecular weight excluding hydrogens is 292 g/mol. The van der Waals surface area contributed by atoms with Crippen LogP contribution in [0.5, 0.6) is 5.75 Å². The maximum Gasteiger partial charge on any atom is 0.124 e. The van der Waals surface area contributed by atoms with Gasteiger partial charge < -0.3 is 10.1 Å². The predicted molar refractivity (Wildman–Crippen MR) is 84.6 cm³/mol. The fraction of sp³-hybridized carbons (Fsp3) is 0.400. The Morgan fingerprint density at radius 1 is 1.40 bits per heavy atom. The highest BCUT2D eigenvalue weighted by atomic mass is 35.5. The van der Waals surface area contributed by atoms with E-state index < -0.39 is 0 Å². The minimum atomic E-state index is 0.550. The second kappa shape index (κ2) is 7.62. The Morgan fingerprint density at radius 3 is 2.95 bits per heavy atom. The van der Waals surface area contributed by atoms with Gasteiger partial charge in [-0.15, -0.1) is 11.3 Å². The van der Waals surface area contributed by atoms with Crippen LogP contribution in [0.25, 0.3) is 0 Å². The molecule has 0 atom stereocenters. The number of halogens is 1. The van der Waals surface area contributed by atoms with E-state index in [2.05, 4.69) is 17.2 Å². The summed E-state index contributed by atoms with van der Waals surface area (Å²) in [5, 5.41) is 5.17. The van der Waals surface area contributed by atoms with Gasteiger partial charge in [-0.1, -0.05) is 18.5 Å². The molecule has 0 saturated heterocycles. The van der Waals surface area contributed by atoms with Crippen molar-refractivity contribution in [3.05, 3.63) is 44.9 Å². The SMILES string of the molecule is CCCNCc1cc(Cl)ccc1OCc1cnc(C)s1. The average Bonchev–Trinajstić information content (AvgIpc) is 2.84. The van der Waals surface area contributed by atoms with Crippen LogP contribution in [0.3, 0.4) is 0 Å². The first kappa shape index (κ1) is 15.3. The van der Waals surface area contributed by atoms with Crippen molar-refractivity contribution < 1.29 is 4.74 Å². The molecule has 108 valence electrons. The lowest BCUT2D eigenvalue weighted by molar-refractivity contribution is 0.305. The molecule has 0 amide bonds. The average molecular weight is 311 g/mol. The first-order valence-corrected chi connectivity index (χ1v) is 7.91.